The van der Waals surface area contributed by atoms with Crippen molar-refractivity contribution in [3.05, 3.63) is 40.5 Å². The number of fused-ring (bicyclic) bond motifs is 1. The van der Waals surface area contributed by atoms with E-state index in [1.54, 1.807) is 12.1 Å². The fourth-order valence-electron chi connectivity index (χ4n) is 2.52. The lowest BCUT2D eigenvalue weighted by atomic mass is 10.1. The third-order valence-corrected chi connectivity index (χ3v) is 4.33. The van der Waals surface area contributed by atoms with Gasteiger partial charge in [0.25, 0.3) is 0 Å². The zero-order valence-electron chi connectivity index (χ0n) is 11.9. The number of carbonyl (C=O) groups excluding carboxylic acids is 1. The number of rotatable bonds is 3. The lowest BCUT2D eigenvalue weighted by molar-refractivity contribution is 0.103. The van der Waals surface area contributed by atoms with Crippen LogP contribution in [-0.2, 0) is 4.74 Å². The Hall–Kier alpha value is -2.10. The third-order valence-electron chi connectivity index (χ3n) is 3.69. The van der Waals surface area contributed by atoms with Crippen LogP contribution < -0.4 is 4.90 Å². The van der Waals surface area contributed by atoms with Crippen LogP contribution in [-0.4, -0.2) is 37.1 Å². The number of allylic oxidation sites excluding steroid dienone is 1. The molecular formula is C16H14BrN3O2. The van der Waals surface area contributed by atoms with Gasteiger partial charge in [-0.2, -0.15) is 5.26 Å². The number of Topliss-reactive ketones (excluding diaryl/α,β-unsaturated/α-hetero) is 1. The maximum Gasteiger partial charge on any atom is 0.219 e. The molecule has 1 aromatic carbocycles. The number of nitriles is 1. The first-order chi connectivity index (χ1) is 10.6. The summed E-state index contributed by atoms with van der Waals surface area (Å²) in [4.78, 5) is 17.3. The van der Waals surface area contributed by atoms with E-state index in [9.17, 15) is 4.79 Å². The van der Waals surface area contributed by atoms with Gasteiger partial charge in [0.2, 0.25) is 5.78 Å². The second-order valence-corrected chi connectivity index (χ2v) is 5.95. The topological polar surface area (TPSA) is 69.1 Å². The van der Waals surface area contributed by atoms with Gasteiger partial charge in [0.1, 0.15) is 6.07 Å². The van der Waals surface area contributed by atoms with Crippen molar-refractivity contribution >= 4 is 38.3 Å². The fraction of sp³-hybridized carbons (Fsp3) is 0.250. The molecular weight excluding hydrogens is 346 g/mol. The molecule has 1 N–H and O–H groups in total. The summed E-state index contributed by atoms with van der Waals surface area (Å²) in [5.41, 5.74) is 2.23. The summed E-state index contributed by atoms with van der Waals surface area (Å²) in [5, 5.41) is 9.72. The summed E-state index contributed by atoms with van der Waals surface area (Å²) in [6.07, 6.45) is 0. The number of ketones is 1. The molecule has 0 atom stereocenters. The molecule has 22 heavy (non-hydrogen) atoms. The highest BCUT2D eigenvalue weighted by molar-refractivity contribution is 9.10. The summed E-state index contributed by atoms with van der Waals surface area (Å²) in [5.74, 6) is -0.372. The monoisotopic (exact) mass is 359 g/mol. The highest BCUT2D eigenvalue weighted by Crippen LogP contribution is 2.32. The Morgan fingerprint density at radius 3 is 2.77 bits per heavy atom. The molecule has 1 fully saturated rings. The Morgan fingerprint density at radius 1 is 1.36 bits per heavy atom. The number of H-pyrrole nitrogens is 1. The normalized spacial score (nSPS) is 14.8. The zero-order chi connectivity index (χ0) is 15.7. The van der Waals surface area contributed by atoms with Crippen molar-refractivity contribution in [1.82, 2.24) is 4.98 Å². The van der Waals surface area contributed by atoms with Gasteiger partial charge in [-0.1, -0.05) is 6.58 Å². The van der Waals surface area contributed by atoms with E-state index in [0.29, 0.717) is 18.9 Å². The van der Waals surface area contributed by atoms with Gasteiger partial charge in [-0.15, -0.1) is 0 Å². The van der Waals surface area contributed by atoms with Crippen molar-refractivity contribution in [2.24, 2.45) is 0 Å². The van der Waals surface area contributed by atoms with Crippen molar-refractivity contribution in [2.45, 2.75) is 0 Å². The van der Waals surface area contributed by atoms with Crippen molar-refractivity contribution in [1.29, 1.82) is 5.26 Å². The van der Waals surface area contributed by atoms with Crippen molar-refractivity contribution in [2.75, 3.05) is 31.2 Å². The number of aromatic amines is 1. The van der Waals surface area contributed by atoms with Crippen LogP contribution in [0.5, 0.6) is 0 Å². The molecule has 1 saturated heterocycles. The van der Waals surface area contributed by atoms with Crippen LogP contribution in [0.15, 0.2) is 34.8 Å². The molecule has 3 rings (SSSR count). The largest absolute Gasteiger partial charge is 0.378 e. The summed E-state index contributed by atoms with van der Waals surface area (Å²) in [6, 6.07) is 7.53. The van der Waals surface area contributed by atoms with Gasteiger partial charge in [0.05, 0.1) is 30.2 Å². The molecule has 112 valence electrons. The Bertz CT molecular complexity index is 798. The quantitative estimate of drug-likeness (QED) is 0.519. The first kappa shape index (κ1) is 14.8. The van der Waals surface area contributed by atoms with E-state index in [4.69, 9.17) is 10.00 Å². The number of hydrogen-bond donors (Lipinski definition) is 1. The van der Waals surface area contributed by atoms with E-state index in [0.717, 1.165) is 34.2 Å². The molecule has 0 saturated carbocycles. The predicted octanol–water partition coefficient (Wildman–Crippen LogP) is 3.03. The van der Waals surface area contributed by atoms with Crippen molar-refractivity contribution in [3.63, 3.8) is 0 Å². The van der Waals surface area contributed by atoms with Crippen LogP contribution >= 0.6 is 15.9 Å². The molecule has 0 radical (unpaired) electrons. The molecule has 0 unspecified atom stereocenters. The first-order valence-corrected chi connectivity index (χ1v) is 7.68. The van der Waals surface area contributed by atoms with E-state index < -0.39 is 0 Å². The average molecular weight is 360 g/mol. The van der Waals surface area contributed by atoms with E-state index in [1.807, 2.05) is 12.1 Å². The second kappa shape index (κ2) is 5.95. The second-order valence-electron chi connectivity index (χ2n) is 5.09. The van der Waals surface area contributed by atoms with Crippen LogP contribution in [0.25, 0.3) is 10.9 Å². The van der Waals surface area contributed by atoms with E-state index in [1.165, 1.54) is 0 Å². The van der Waals surface area contributed by atoms with Gasteiger partial charge in [-0.3, -0.25) is 4.79 Å². The summed E-state index contributed by atoms with van der Waals surface area (Å²) in [6.45, 7) is 6.57. The summed E-state index contributed by atoms with van der Waals surface area (Å²) < 4.78 is 6.33. The number of hydrogen-bond acceptors (Lipinski definition) is 4. The highest BCUT2D eigenvalue weighted by Gasteiger charge is 2.17. The number of nitrogens with one attached hydrogen (secondary N) is 1. The molecule has 1 aliphatic rings. The minimum atomic E-state index is -0.372. The van der Waals surface area contributed by atoms with E-state index >= 15 is 0 Å². The number of morpholine rings is 1. The molecule has 1 aliphatic heterocycles. The minimum Gasteiger partial charge on any atom is -0.378 e. The molecule has 1 aromatic heterocycles. The molecule has 0 spiro atoms. The maximum absolute atomic E-state index is 12.0. The molecule has 2 aromatic rings. The van der Waals surface area contributed by atoms with Gasteiger partial charge < -0.3 is 14.6 Å². The SMILES string of the molecule is C=C(C#N)C(=O)c1cc2cc(N3CCOCC3)c(Br)cc2[nH]1. The van der Waals surface area contributed by atoms with Crippen molar-refractivity contribution in [3.8, 4) is 6.07 Å². The smallest absolute Gasteiger partial charge is 0.219 e. The van der Waals surface area contributed by atoms with Crippen LogP contribution in [0.2, 0.25) is 0 Å². The van der Waals surface area contributed by atoms with E-state index in [2.05, 4.69) is 32.4 Å². The Kier molecular flexibility index (Phi) is 4.01. The van der Waals surface area contributed by atoms with Crippen molar-refractivity contribution < 1.29 is 9.53 Å². The average Bonchev–Trinajstić information content (AvgIpc) is 2.96. The minimum absolute atomic E-state index is 0.0703. The molecule has 5 nitrogen and oxygen atoms in total. The Morgan fingerprint density at radius 2 is 2.09 bits per heavy atom. The van der Waals surface area contributed by atoms with Gasteiger partial charge in [0.15, 0.2) is 0 Å². The van der Waals surface area contributed by atoms with Crippen LogP contribution in [0, 0.1) is 11.3 Å². The maximum atomic E-state index is 12.0. The number of halogens is 1. The lowest BCUT2D eigenvalue weighted by Gasteiger charge is -2.29. The van der Waals surface area contributed by atoms with Crippen LogP contribution in [0.4, 0.5) is 5.69 Å². The van der Waals surface area contributed by atoms with Gasteiger partial charge in [-0.25, -0.2) is 0 Å². The zero-order valence-corrected chi connectivity index (χ0v) is 13.4. The summed E-state index contributed by atoms with van der Waals surface area (Å²) in [7, 11) is 0. The van der Waals surface area contributed by atoms with Gasteiger partial charge in [0, 0.05) is 28.5 Å². The Balaban J connectivity index is 2.00. The summed E-state index contributed by atoms with van der Waals surface area (Å²) >= 11 is 3.58. The fourth-order valence-corrected chi connectivity index (χ4v) is 3.12. The molecule has 0 bridgehead atoms. The molecule has 6 heteroatoms. The van der Waals surface area contributed by atoms with Gasteiger partial charge in [-0.05, 0) is 34.1 Å². The standard InChI is InChI=1S/C16H14BrN3O2/c1-10(9-18)16(21)14-6-11-7-15(12(17)8-13(11)19-14)20-2-4-22-5-3-20/h6-8,19H,1-5H2. The number of aromatic nitrogens is 1. The number of carbonyl (C=O) groups is 1. The predicted molar refractivity (Wildman–Crippen MR) is 88.1 cm³/mol. The lowest BCUT2D eigenvalue weighted by Crippen LogP contribution is -2.36. The molecule has 0 amide bonds. The van der Waals surface area contributed by atoms with Crippen LogP contribution in [0.3, 0.4) is 0 Å². The molecule has 2 heterocycles. The molecule has 0 aliphatic carbocycles. The van der Waals surface area contributed by atoms with Crippen LogP contribution in [0.1, 0.15) is 10.5 Å². The third kappa shape index (κ3) is 2.65. The number of nitrogens with zero attached hydrogens (tertiary/aromatic N) is 2. The number of ether oxygens (including phenoxy) is 1. The van der Waals surface area contributed by atoms with Gasteiger partial charge >= 0.3 is 0 Å². The highest BCUT2D eigenvalue weighted by atomic mass is 79.9. The number of anilines is 1. The number of benzene rings is 1. The van der Waals surface area contributed by atoms with E-state index in [-0.39, 0.29) is 11.4 Å². The first-order valence-electron chi connectivity index (χ1n) is 6.89. The Labute approximate surface area is 136 Å².